The molecule has 41 heavy (non-hydrogen) atoms. The number of hydrogen-bond donors (Lipinski definition) is 1. The molecular formula is C37H28BN3. The summed E-state index contributed by atoms with van der Waals surface area (Å²) in [5, 5.41) is 9.47. The fraction of sp³-hybridized carbons (Fsp3) is 0. The van der Waals surface area contributed by atoms with E-state index in [9.17, 15) is 5.26 Å². The van der Waals surface area contributed by atoms with Crippen LogP contribution in [0.2, 0.25) is 0 Å². The molecule has 0 saturated carbocycles. The maximum atomic E-state index is 9.47. The lowest BCUT2D eigenvalue weighted by Crippen LogP contribution is -2.51. The first-order valence-corrected chi connectivity index (χ1v) is 13.7. The molecule has 0 radical (unpaired) electrons. The van der Waals surface area contributed by atoms with Crippen LogP contribution in [0.25, 0.3) is 11.1 Å². The minimum atomic E-state index is 0.0970. The van der Waals surface area contributed by atoms with E-state index < -0.39 is 0 Å². The lowest BCUT2D eigenvalue weighted by Gasteiger charge is -2.25. The zero-order chi connectivity index (χ0) is 28.0. The average Bonchev–Trinajstić information content (AvgIpc) is 3.03. The molecule has 0 bridgehead atoms. The van der Waals surface area contributed by atoms with Gasteiger partial charge in [-0.3, -0.25) is 0 Å². The normalized spacial score (nSPS) is 10.5. The molecule has 0 amide bonds. The highest BCUT2D eigenvalue weighted by Gasteiger charge is 2.21. The van der Waals surface area contributed by atoms with E-state index in [0.717, 1.165) is 33.9 Å². The standard InChI is InChI=1S/C37H28BN3/c39-27-28-9-7-16-37(25-28)41(35-14-5-2-6-15-35)36-23-19-30(20-24-36)29-17-21-32(22-18-29)38(31-10-3-1-4-11-31)33-12-8-13-34(40)26-33/h1-26H,40H2. The Morgan fingerprint density at radius 1 is 0.488 bits per heavy atom. The SMILES string of the molecule is N#Cc1cccc(N(c2ccccc2)c2ccc(-c3ccc(B(c4ccccc4)c4cccc(N)c4)cc3)cc2)c1. The number of nitrogens with two attached hydrogens (primary N) is 1. The molecular weight excluding hydrogens is 497 g/mol. The fourth-order valence-electron chi connectivity index (χ4n) is 5.37. The number of para-hydroxylation sites is 1. The van der Waals surface area contributed by atoms with Crippen LogP contribution in [0.1, 0.15) is 5.56 Å². The predicted octanol–water partition coefficient (Wildman–Crippen LogP) is 6.79. The summed E-state index contributed by atoms with van der Waals surface area (Å²) in [6, 6.07) is 56.3. The van der Waals surface area contributed by atoms with Crippen molar-refractivity contribution in [2.45, 2.75) is 0 Å². The van der Waals surface area contributed by atoms with Crippen molar-refractivity contribution < 1.29 is 0 Å². The van der Waals surface area contributed by atoms with Gasteiger partial charge in [-0.2, -0.15) is 5.26 Å². The minimum Gasteiger partial charge on any atom is -0.399 e. The number of rotatable bonds is 7. The second-order valence-electron chi connectivity index (χ2n) is 10.0. The Kier molecular flexibility index (Phi) is 7.34. The number of nitrogens with zero attached hydrogens (tertiary/aromatic N) is 2. The van der Waals surface area contributed by atoms with Crippen molar-refractivity contribution in [2.75, 3.05) is 10.6 Å². The highest BCUT2D eigenvalue weighted by atomic mass is 15.1. The molecule has 0 aliphatic carbocycles. The van der Waals surface area contributed by atoms with Crippen molar-refractivity contribution in [1.29, 1.82) is 5.26 Å². The highest BCUT2D eigenvalue weighted by Crippen LogP contribution is 2.35. The molecule has 6 rings (SSSR count). The van der Waals surface area contributed by atoms with Gasteiger partial charge in [0.2, 0.25) is 6.71 Å². The Balaban J connectivity index is 1.33. The molecule has 2 N–H and O–H groups in total. The summed E-state index contributed by atoms with van der Waals surface area (Å²) in [5.74, 6) is 0. The maximum Gasteiger partial charge on any atom is 0.241 e. The molecule has 0 aliphatic heterocycles. The third-order valence-electron chi connectivity index (χ3n) is 7.33. The van der Waals surface area contributed by atoms with Crippen molar-refractivity contribution in [3.63, 3.8) is 0 Å². The van der Waals surface area contributed by atoms with Crippen LogP contribution >= 0.6 is 0 Å². The van der Waals surface area contributed by atoms with E-state index >= 15 is 0 Å². The number of nitriles is 1. The molecule has 194 valence electrons. The topological polar surface area (TPSA) is 53.0 Å². The quantitative estimate of drug-likeness (QED) is 0.184. The molecule has 0 atom stereocenters. The van der Waals surface area contributed by atoms with Gasteiger partial charge in [0.05, 0.1) is 11.6 Å². The van der Waals surface area contributed by atoms with Crippen molar-refractivity contribution in [3.8, 4) is 17.2 Å². The lowest BCUT2D eigenvalue weighted by atomic mass is 9.37. The van der Waals surface area contributed by atoms with Gasteiger partial charge >= 0.3 is 0 Å². The predicted molar refractivity (Wildman–Crippen MR) is 173 cm³/mol. The number of nitrogen functional groups attached to an aromatic ring is 1. The first-order chi connectivity index (χ1) is 20.2. The zero-order valence-corrected chi connectivity index (χ0v) is 22.6. The summed E-state index contributed by atoms with van der Waals surface area (Å²) in [6.07, 6.45) is 0. The average molecular weight is 525 g/mol. The summed E-state index contributed by atoms with van der Waals surface area (Å²) in [4.78, 5) is 2.17. The smallest absolute Gasteiger partial charge is 0.241 e. The van der Waals surface area contributed by atoms with Gasteiger partial charge in [0.1, 0.15) is 0 Å². The van der Waals surface area contributed by atoms with E-state index in [4.69, 9.17) is 5.73 Å². The maximum absolute atomic E-state index is 9.47. The van der Waals surface area contributed by atoms with Gasteiger partial charge in [-0.15, -0.1) is 0 Å². The largest absolute Gasteiger partial charge is 0.399 e. The number of hydrogen-bond acceptors (Lipinski definition) is 3. The van der Waals surface area contributed by atoms with Crippen LogP contribution in [0.4, 0.5) is 22.7 Å². The third kappa shape index (κ3) is 5.61. The van der Waals surface area contributed by atoms with Crippen LogP contribution in [-0.2, 0) is 0 Å². The summed E-state index contributed by atoms with van der Waals surface area (Å²) >= 11 is 0. The molecule has 0 fully saturated rings. The first kappa shape index (κ1) is 25.7. The molecule has 0 unspecified atom stereocenters. The van der Waals surface area contributed by atoms with Gasteiger partial charge in [-0.05, 0) is 65.7 Å². The van der Waals surface area contributed by atoms with Crippen molar-refractivity contribution in [1.82, 2.24) is 0 Å². The van der Waals surface area contributed by atoms with E-state index in [0.29, 0.717) is 5.56 Å². The van der Waals surface area contributed by atoms with E-state index in [1.54, 1.807) is 0 Å². The number of anilines is 4. The van der Waals surface area contributed by atoms with E-state index in [1.807, 2.05) is 60.7 Å². The van der Waals surface area contributed by atoms with Crippen LogP contribution in [0.3, 0.4) is 0 Å². The molecule has 0 aliphatic rings. The Hall–Kier alpha value is -5.53. The number of benzene rings is 6. The second kappa shape index (κ2) is 11.7. The van der Waals surface area contributed by atoms with Crippen LogP contribution < -0.4 is 27.0 Å². The van der Waals surface area contributed by atoms with Crippen molar-refractivity contribution in [3.05, 3.63) is 163 Å². The van der Waals surface area contributed by atoms with E-state index in [1.165, 1.54) is 16.4 Å². The van der Waals surface area contributed by atoms with Gasteiger partial charge in [0.25, 0.3) is 0 Å². The molecule has 0 spiro atoms. The van der Waals surface area contributed by atoms with Crippen molar-refractivity contribution in [2.24, 2.45) is 0 Å². The van der Waals surface area contributed by atoms with Crippen LogP contribution in [0.15, 0.2) is 158 Å². The Morgan fingerprint density at radius 2 is 1.02 bits per heavy atom. The molecule has 6 aromatic carbocycles. The summed E-state index contributed by atoms with van der Waals surface area (Å²) in [6.45, 7) is 0.0970. The third-order valence-corrected chi connectivity index (χ3v) is 7.33. The van der Waals surface area contributed by atoms with E-state index in [-0.39, 0.29) is 6.71 Å². The second-order valence-corrected chi connectivity index (χ2v) is 10.0. The van der Waals surface area contributed by atoms with Crippen LogP contribution in [-0.4, -0.2) is 6.71 Å². The molecule has 0 saturated heterocycles. The van der Waals surface area contributed by atoms with Gasteiger partial charge in [-0.25, -0.2) is 0 Å². The highest BCUT2D eigenvalue weighted by molar-refractivity contribution is 6.95. The van der Waals surface area contributed by atoms with Crippen LogP contribution in [0, 0.1) is 11.3 Å². The van der Waals surface area contributed by atoms with E-state index in [2.05, 4.69) is 108 Å². The first-order valence-electron chi connectivity index (χ1n) is 13.7. The van der Waals surface area contributed by atoms with Crippen molar-refractivity contribution >= 4 is 45.9 Å². The van der Waals surface area contributed by atoms with Crippen LogP contribution in [0.5, 0.6) is 0 Å². The summed E-state index contributed by atoms with van der Waals surface area (Å²) in [5.41, 5.74) is 16.5. The molecule has 0 aromatic heterocycles. The van der Waals surface area contributed by atoms with Gasteiger partial charge in [0.15, 0.2) is 0 Å². The van der Waals surface area contributed by atoms with Gasteiger partial charge in [-0.1, -0.05) is 120 Å². The molecule has 6 aromatic rings. The zero-order valence-electron chi connectivity index (χ0n) is 22.6. The fourth-order valence-corrected chi connectivity index (χ4v) is 5.37. The van der Waals surface area contributed by atoms with Gasteiger partial charge in [0, 0.05) is 22.7 Å². The summed E-state index contributed by atoms with van der Waals surface area (Å²) < 4.78 is 0. The summed E-state index contributed by atoms with van der Waals surface area (Å²) in [7, 11) is 0. The monoisotopic (exact) mass is 525 g/mol. The molecule has 3 nitrogen and oxygen atoms in total. The Bertz CT molecular complexity index is 1790. The minimum absolute atomic E-state index is 0.0970. The Labute approximate surface area is 241 Å². The molecule has 0 heterocycles. The molecule has 4 heteroatoms. The van der Waals surface area contributed by atoms with Gasteiger partial charge < -0.3 is 10.6 Å². The Morgan fingerprint density at radius 3 is 1.68 bits per heavy atom. The lowest BCUT2D eigenvalue weighted by molar-refractivity contribution is 1.28.